The number of fused-ring (bicyclic) bond motifs is 1. The molecule has 1 N–H and O–H groups in total. The first-order chi connectivity index (χ1) is 16.0. The zero-order valence-corrected chi connectivity index (χ0v) is 19.8. The molecule has 1 aromatic heterocycles. The van der Waals surface area contributed by atoms with Crippen molar-refractivity contribution in [3.05, 3.63) is 57.7 Å². The largest absolute Gasteiger partial charge is 0.368 e. The number of halogens is 2. The number of nitrogens with one attached hydrogen (secondary N) is 1. The van der Waals surface area contributed by atoms with E-state index in [0.29, 0.717) is 28.8 Å². The number of anilines is 1. The van der Waals surface area contributed by atoms with Gasteiger partial charge in [0.2, 0.25) is 5.91 Å². The highest BCUT2D eigenvalue weighted by Crippen LogP contribution is 2.33. The van der Waals surface area contributed by atoms with E-state index in [0.717, 1.165) is 48.2 Å². The van der Waals surface area contributed by atoms with Crippen LogP contribution < -0.4 is 10.2 Å². The molecule has 33 heavy (non-hydrogen) atoms. The standard InChI is InChI=1S/C24H24Cl2N6O/c1-15(18-4-2-16(25)12-20(18)26)32-23-13-17(3-5-19(23)22(14-27)29-32)30-8-10-31(11-9-30)24(33)21-6-7-28-21/h2-5,12-13,15,21,28H,6-11H2,1H3. The van der Waals surface area contributed by atoms with Crippen molar-refractivity contribution in [2.45, 2.75) is 25.4 Å². The van der Waals surface area contributed by atoms with Crippen molar-refractivity contribution in [2.75, 3.05) is 37.6 Å². The van der Waals surface area contributed by atoms with Gasteiger partial charge in [-0.1, -0.05) is 29.3 Å². The van der Waals surface area contributed by atoms with E-state index >= 15 is 0 Å². The Kier molecular flexibility index (Phi) is 5.92. The fourth-order valence-electron chi connectivity index (χ4n) is 4.58. The lowest BCUT2D eigenvalue weighted by molar-refractivity contribution is -0.135. The molecule has 2 atom stereocenters. The molecule has 2 aliphatic heterocycles. The minimum absolute atomic E-state index is 0.00664. The van der Waals surface area contributed by atoms with E-state index in [1.54, 1.807) is 6.07 Å². The number of hydrogen-bond donors (Lipinski definition) is 1. The lowest BCUT2D eigenvalue weighted by Gasteiger charge is -2.39. The molecular weight excluding hydrogens is 459 g/mol. The summed E-state index contributed by atoms with van der Waals surface area (Å²) in [4.78, 5) is 16.8. The molecule has 5 rings (SSSR count). The summed E-state index contributed by atoms with van der Waals surface area (Å²) in [6.45, 7) is 5.87. The number of piperazine rings is 1. The van der Waals surface area contributed by atoms with Gasteiger partial charge in [0.05, 0.1) is 17.6 Å². The number of carbonyl (C=O) groups excluding carboxylic acids is 1. The zero-order valence-electron chi connectivity index (χ0n) is 18.3. The first-order valence-electron chi connectivity index (χ1n) is 11.1. The highest BCUT2D eigenvalue weighted by molar-refractivity contribution is 6.35. The van der Waals surface area contributed by atoms with Crippen LogP contribution in [0.1, 0.15) is 30.6 Å². The molecule has 2 fully saturated rings. The Balaban J connectivity index is 1.43. The van der Waals surface area contributed by atoms with Gasteiger partial charge in [-0.2, -0.15) is 10.4 Å². The molecule has 0 saturated carbocycles. The second-order valence-corrected chi connectivity index (χ2v) is 9.40. The minimum Gasteiger partial charge on any atom is -0.368 e. The van der Waals surface area contributed by atoms with Crippen LogP contribution in [0.4, 0.5) is 5.69 Å². The number of rotatable bonds is 4. The molecule has 7 nitrogen and oxygen atoms in total. The third kappa shape index (κ3) is 4.04. The molecule has 2 saturated heterocycles. The molecule has 2 aliphatic rings. The highest BCUT2D eigenvalue weighted by atomic mass is 35.5. The summed E-state index contributed by atoms with van der Waals surface area (Å²) in [6.07, 6.45) is 0.927. The molecule has 3 aromatic rings. The second-order valence-electron chi connectivity index (χ2n) is 8.56. The zero-order chi connectivity index (χ0) is 23.1. The van der Waals surface area contributed by atoms with Crippen LogP contribution in [0.25, 0.3) is 10.9 Å². The van der Waals surface area contributed by atoms with Crippen molar-refractivity contribution in [1.82, 2.24) is 20.0 Å². The predicted molar refractivity (Wildman–Crippen MR) is 130 cm³/mol. The first-order valence-corrected chi connectivity index (χ1v) is 11.9. The summed E-state index contributed by atoms with van der Waals surface area (Å²) in [5.41, 5.74) is 3.20. The molecule has 2 unspecified atom stereocenters. The maximum Gasteiger partial charge on any atom is 0.239 e. The number of amides is 1. The fourth-order valence-corrected chi connectivity index (χ4v) is 5.14. The summed E-state index contributed by atoms with van der Waals surface area (Å²) in [7, 11) is 0. The molecule has 0 radical (unpaired) electrons. The van der Waals surface area contributed by atoms with Crippen LogP contribution in [0.15, 0.2) is 36.4 Å². The Bertz CT molecular complexity index is 1250. The number of nitriles is 1. The Morgan fingerprint density at radius 3 is 2.58 bits per heavy atom. The molecule has 170 valence electrons. The number of aromatic nitrogens is 2. The Morgan fingerprint density at radius 1 is 1.18 bits per heavy atom. The van der Waals surface area contributed by atoms with E-state index in [9.17, 15) is 10.1 Å². The Hall–Kier alpha value is -2.79. The van der Waals surface area contributed by atoms with E-state index in [4.69, 9.17) is 23.2 Å². The summed E-state index contributed by atoms with van der Waals surface area (Å²) >= 11 is 12.5. The van der Waals surface area contributed by atoms with Crippen LogP contribution in [-0.4, -0.2) is 59.4 Å². The number of nitrogens with zero attached hydrogens (tertiary/aromatic N) is 5. The van der Waals surface area contributed by atoms with Gasteiger partial charge in [-0.3, -0.25) is 9.48 Å². The van der Waals surface area contributed by atoms with Crippen LogP contribution in [0.2, 0.25) is 10.0 Å². The molecule has 0 spiro atoms. The highest BCUT2D eigenvalue weighted by Gasteiger charge is 2.31. The fraction of sp³-hybridized carbons (Fsp3) is 0.375. The van der Waals surface area contributed by atoms with Crippen molar-refractivity contribution < 1.29 is 4.79 Å². The van der Waals surface area contributed by atoms with E-state index in [1.165, 1.54) is 0 Å². The molecule has 0 aliphatic carbocycles. The number of carbonyl (C=O) groups is 1. The van der Waals surface area contributed by atoms with Crippen LogP contribution >= 0.6 is 23.2 Å². The topological polar surface area (TPSA) is 77.2 Å². The average Bonchev–Trinajstić information content (AvgIpc) is 3.15. The number of benzene rings is 2. The van der Waals surface area contributed by atoms with Crippen molar-refractivity contribution in [1.29, 1.82) is 5.26 Å². The lowest BCUT2D eigenvalue weighted by Crippen LogP contribution is -2.58. The third-order valence-electron chi connectivity index (χ3n) is 6.65. The van der Waals surface area contributed by atoms with E-state index in [-0.39, 0.29) is 18.0 Å². The van der Waals surface area contributed by atoms with Gasteiger partial charge < -0.3 is 15.1 Å². The smallest absolute Gasteiger partial charge is 0.239 e. The Morgan fingerprint density at radius 2 is 1.94 bits per heavy atom. The maximum atomic E-state index is 12.5. The monoisotopic (exact) mass is 482 g/mol. The van der Waals surface area contributed by atoms with Crippen LogP contribution in [0.3, 0.4) is 0 Å². The van der Waals surface area contributed by atoms with Crippen LogP contribution in [0.5, 0.6) is 0 Å². The predicted octanol–water partition coefficient (Wildman–Crippen LogP) is 3.83. The van der Waals surface area contributed by atoms with Gasteiger partial charge in [0.1, 0.15) is 6.07 Å². The molecule has 9 heteroatoms. The van der Waals surface area contributed by atoms with Gasteiger partial charge in [-0.05, 0) is 55.8 Å². The van der Waals surface area contributed by atoms with Crippen molar-refractivity contribution in [3.63, 3.8) is 0 Å². The van der Waals surface area contributed by atoms with Crippen molar-refractivity contribution in [2.24, 2.45) is 0 Å². The van der Waals surface area contributed by atoms with Crippen molar-refractivity contribution in [3.8, 4) is 6.07 Å². The molecule has 0 bridgehead atoms. The summed E-state index contributed by atoms with van der Waals surface area (Å²) in [5.74, 6) is 0.210. The van der Waals surface area contributed by atoms with Gasteiger partial charge in [-0.25, -0.2) is 0 Å². The lowest BCUT2D eigenvalue weighted by atomic mass is 10.1. The average molecular weight is 483 g/mol. The molecule has 3 heterocycles. The molecular formula is C24H24Cl2N6O. The SMILES string of the molecule is CC(c1ccc(Cl)cc1Cl)n1nc(C#N)c2ccc(N3CCN(C(=O)C4CCN4)CC3)cc21. The maximum absolute atomic E-state index is 12.5. The number of hydrogen-bond acceptors (Lipinski definition) is 5. The van der Waals surface area contributed by atoms with Gasteiger partial charge in [0, 0.05) is 47.3 Å². The first kappa shape index (κ1) is 22.0. The minimum atomic E-state index is -0.181. The molecule has 2 aromatic carbocycles. The Labute approximate surface area is 202 Å². The third-order valence-corrected chi connectivity index (χ3v) is 7.22. The van der Waals surface area contributed by atoms with Gasteiger partial charge in [0.25, 0.3) is 0 Å². The van der Waals surface area contributed by atoms with E-state index < -0.39 is 0 Å². The molecule has 1 amide bonds. The van der Waals surface area contributed by atoms with Crippen molar-refractivity contribution >= 4 is 45.7 Å². The summed E-state index contributed by atoms with van der Waals surface area (Å²) in [5, 5.41) is 19.4. The van der Waals surface area contributed by atoms with Gasteiger partial charge >= 0.3 is 0 Å². The summed E-state index contributed by atoms with van der Waals surface area (Å²) < 4.78 is 1.86. The van der Waals surface area contributed by atoms with Crippen LogP contribution in [-0.2, 0) is 4.79 Å². The quantitative estimate of drug-likeness (QED) is 0.611. The van der Waals surface area contributed by atoms with Gasteiger partial charge in [-0.15, -0.1) is 0 Å². The summed E-state index contributed by atoms with van der Waals surface area (Å²) in [6, 6.07) is 13.5. The van der Waals surface area contributed by atoms with E-state index in [2.05, 4.69) is 27.5 Å². The van der Waals surface area contributed by atoms with Crippen LogP contribution in [0, 0.1) is 11.3 Å². The normalized spacial score (nSPS) is 19.3. The van der Waals surface area contributed by atoms with Gasteiger partial charge in [0.15, 0.2) is 5.69 Å². The van der Waals surface area contributed by atoms with E-state index in [1.807, 2.05) is 40.8 Å². The second kappa shape index (κ2) is 8.86.